The lowest BCUT2D eigenvalue weighted by Gasteiger charge is -2.22. The van der Waals surface area contributed by atoms with E-state index in [1.54, 1.807) is 5.32 Å². The first kappa shape index (κ1) is 26.9. The van der Waals surface area contributed by atoms with Crippen LogP contribution in [0.2, 0.25) is 10.0 Å². The third-order valence-electron chi connectivity index (χ3n) is 5.28. The predicted octanol–water partition coefficient (Wildman–Crippen LogP) is 5.83. The van der Waals surface area contributed by atoms with E-state index in [0.717, 1.165) is 6.07 Å². The summed E-state index contributed by atoms with van der Waals surface area (Å²) in [5, 5.41) is 4.18. The molecule has 13 heteroatoms. The highest BCUT2D eigenvalue weighted by Crippen LogP contribution is 2.41. The van der Waals surface area contributed by atoms with Crippen LogP contribution in [0.1, 0.15) is 31.4 Å². The lowest BCUT2D eigenvalue weighted by Crippen LogP contribution is -2.53. The summed E-state index contributed by atoms with van der Waals surface area (Å²) in [6.45, 7) is 0.454. The molecule has 2 aromatic rings. The van der Waals surface area contributed by atoms with Gasteiger partial charge in [0.1, 0.15) is 23.7 Å². The molecule has 0 heterocycles. The summed E-state index contributed by atoms with van der Waals surface area (Å²) < 4.78 is 82.9. The first-order valence-corrected chi connectivity index (χ1v) is 10.9. The lowest BCUT2D eigenvalue weighted by atomic mass is 9.99. The smallest absolute Gasteiger partial charge is 0.471 e. The zero-order valence-electron chi connectivity index (χ0n) is 17.9. The minimum absolute atomic E-state index is 0.00567. The molecule has 1 fully saturated rings. The Balaban J connectivity index is 1.80. The molecular weight excluding hydrogens is 525 g/mol. The first-order chi connectivity index (χ1) is 16.2. The van der Waals surface area contributed by atoms with Crippen molar-refractivity contribution >= 4 is 35.0 Å². The van der Waals surface area contributed by atoms with Gasteiger partial charge in [0, 0.05) is 16.1 Å². The van der Waals surface area contributed by atoms with Gasteiger partial charge < -0.3 is 15.4 Å². The molecule has 1 saturated carbocycles. The molecule has 2 N–H and O–H groups in total. The van der Waals surface area contributed by atoms with Gasteiger partial charge in [0.15, 0.2) is 0 Å². The Morgan fingerprint density at radius 1 is 1.14 bits per heavy atom. The molecule has 0 bridgehead atoms. The molecule has 0 aliphatic heterocycles. The van der Waals surface area contributed by atoms with Gasteiger partial charge in [-0.05, 0) is 43.5 Å². The number of amides is 2. The van der Waals surface area contributed by atoms with E-state index in [0.29, 0.717) is 0 Å². The molecule has 0 radical (unpaired) electrons. The van der Waals surface area contributed by atoms with Crippen molar-refractivity contribution in [2.24, 2.45) is 0 Å². The summed E-state index contributed by atoms with van der Waals surface area (Å²) in [5.74, 6) is -4.05. The zero-order valence-corrected chi connectivity index (χ0v) is 19.4. The monoisotopic (exact) mass is 542 g/mol. The third kappa shape index (κ3) is 6.32. The summed E-state index contributed by atoms with van der Waals surface area (Å²) in [5.41, 5.74) is -1.37. The van der Waals surface area contributed by atoms with Crippen molar-refractivity contribution in [2.75, 3.05) is 6.61 Å². The van der Waals surface area contributed by atoms with E-state index in [4.69, 9.17) is 27.9 Å². The third-order valence-corrected chi connectivity index (χ3v) is 5.78. The molecule has 190 valence electrons. The van der Waals surface area contributed by atoms with Gasteiger partial charge in [-0.1, -0.05) is 35.3 Å². The van der Waals surface area contributed by atoms with Crippen LogP contribution in [-0.4, -0.2) is 36.6 Å². The topological polar surface area (TPSA) is 67.4 Å². The molecule has 1 atom stereocenters. The number of halogens is 8. The normalized spacial score (nSPS) is 15.5. The van der Waals surface area contributed by atoms with Crippen molar-refractivity contribution in [3.8, 4) is 16.9 Å². The second-order valence-corrected chi connectivity index (χ2v) is 8.78. The van der Waals surface area contributed by atoms with E-state index in [9.17, 15) is 35.9 Å². The number of benzene rings is 2. The zero-order chi connectivity index (χ0) is 26.1. The molecule has 1 aliphatic carbocycles. The Bertz CT molecular complexity index is 1140. The quantitative estimate of drug-likeness (QED) is 0.412. The molecule has 35 heavy (non-hydrogen) atoms. The van der Waals surface area contributed by atoms with Crippen LogP contribution in [0, 0.1) is 5.82 Å². The van der Waals surface area contributed by atoms with Crippen LogP contribution in [0.5, 0.6) is 5.75 Å². The Kier molecular flexibility index (Phi) is 7.80. The Morgan fingerprint density at radius 2 is 1.80 bits per heavy atom. The van der Waals surface area contributed by atoms with Gasteiger partial charge in [-0.25, -0.2) is 13.2 Å². The summed E-state index contributed by atoms with van der Waals surface area (Å²) in [6, 6.07) is 5.42. The van der Waals surface area contributed by atoms with Crippen LogP contribution < -0.4 is 15.4 Å². The van der Waals surface area contributed by atoms with E-state index in [2.05, 4.69) is 5.32 Å². The molecule has 0 unspecified atom stereocenters. The van der Waals surface area contributed by atoms with Crippen molar-refractivity contribution in [1.82, 2.24) is 10.6 Å². The predicted molar refractivity (Wildman–Crippen MR) is 116 cm³/mol. The molecule has 1 aliphatic rings. The number of carbonyl (C=O) groups is 2. The van der Waals surface area contributed by atoms with E-state index < -0.39 is 48.4 Å². The van der Waals surface area contributed by atoms with E-state index in [-0.39, 0.29) is 45.3 Å². The van der Waals surface area contributed by atoms with Crippen LogP contribution in [0.3, 0.4) is 0 Å². The van der Waals surface area contributed by atoms with Crippen LogP contribution in [0.15, 0.2) is 30.3 Å². The standard InChI is InChI=1S/C22H18Cl2F6N2O3/c1-10(31-19(33)21(4-5-21)32-20(34)22(28,29)30)13-3-2-11(6-16(13)25)14-7-12(23)8-15(24)18(14)35-9-17(26)27/h2-3,6-8,10,17H,4-5,9H2,1H3,(H,31,33)(H,32,34)/t10-/m1/s1. The number of nitrogens with one attached hydrogen (secondary N) is 2. The fourth-order valence-corrected chi connectivity index (χ4v) is 3.90. The minimum Gasteiger partial charge on any atom is -0.485 e. The Labute approximate surface area is 205 Å². The highest BCUT2D eigenvalue weighted by molar-refractivity contribution is 6.36. The van der Waals surface area contributed by atoms with E-state index in [1.165, 1.54) is 31.2 Å². The van der Waals surface area contributed by atoms with Crippen molar-refractivity contribution in [3.05, 3.63) is 51.8 Å². The molecule has 0 aromatic heterocycles. The average molecular weight is 543 g/mol. The number of rotatable bonds is 8. The summed E-state index contributed by atoms with van der Waals surface area (Å²) in [4.78, 5) is 23.7. The minimum atomic E-state index is -5.15. The van der Waals surface area contributed by atoms with E-state index >= 15 is 0 Å². The fourth-order valence-electron chi connectivity index (χ4n) is 3.35. The fraction of sp³-hybridized carbons (Fsp3) is 0.364. The first-order valence-electron chi connectivity index (χ1n) is 10.1. The second kappa shape index (κ2) is 10.1. The Hall–Kier alpha value is -2.66. The second-order valence-electron chi connectivity index (χ2n) is 7.93. The van der Waals surface area contributed by atoms with Gasteiger partial charge in [-0.3, -0.25) is 9.59 Å². The number of hydrogen-bond acceptors (Lipinski definition) is 3. The molecule has 0 saturated heterocycles. The van der Waals surface area contributed by atoms with Gasteiger partial charge >= 0.3 is 12.1 Å². The van der Waals surface area contributed by atoms with Crippen LogP contribution in [0.25, 0.3) is 11.1 Å². The summed E-state index contributed by atoms with van der Waals surface area (Å²) >= 11 is 12.1. The van der Waals surface area contributed by atoms with Gasteiger partial charge in [-0.15, -0.1) is 0 Å². The number of carbonyl (C=O) groups excluding carboxylic acids is 2. The molecule has 0 spiro atoms. The average Bonchev–Trinajstić information content (AvgIpc) is 3.52. The van der Waals surface area contributed by atoms with Gasteiger partial charge in [0.25, 0.3) is 6.43 Å². The van der Waals surface area contributed by atoms with Crippen molar-refractivity contribution in [3.63, 3.8) is 0 Å². The van der Waals surface area contributed by atoms with Crippen LogP contribution >= 0.6 is 23.2 Å². The maximum absolute atomic E-state index is 15.0. The summed E-state index contributed by atoms with van der Waals surface area (Å²) in [6.07, 6.45) is -7.92. The molecule has 2 amide bonds. The maximum atomic E-state index is 15.0. The number of hydrogen-bond donors (Lipinski definition) is 2. The molecular formula is C22H18Cl2F6N2O3. The largest absolute Gasteiger partial charge is 0.485 e. The number of ether oxygens (including phenoxy) is 1. The molecule has 5 nitrogen and oxygen atoms in total. The highest BCUT2D eigenvalue weighted by atomic mass is 35.5. The SMILES string of the molecule is C[C@@H](NC(=O)C1(NC(=O)C(F)(F)F)CC1)c1ccc(-c2cc(Cl)cc(Cl)c2OCC(F)F)cc1F. The molecule has 3 rings (SSSR count). The van der Waals surface area contributed by atoms with Crippen LogP contribution in [-0.2, 0) is 9.59 Å². The van der Waals surface area contributed by atoms with Crippen molar-refractivity contribution in [1.29, 1.82) is 0 Å². The van der Waals surface area contributed by atoms with Crippen molar-refractivity contribution < 1.29 is 40.7 Å². The van der Waals surface area contributed by atoms with Crippen molar-refractivity contribution in [2.45, 2.75) is 43.9 Å². The highest BCUT2D eigenvalue weighted by Gasteiger charge is 2.55. The number of alkyl halides is 5. The Morgan fingerprint density at radius 3 is 2.34 bits per heavy atom. The van der Waals surface area contributed by atoms with Crippen LogP contribution in [0.4, 0.5) is 26.3 Å². The van der Waals surface area contributed by atoms with Gasteiger partial charge in [0.2, 0.25) is 5.91 Å². The van der Waals surface area contributed by atoms with Gasteiger partial charge in [0.05, 0.1) is 11.1 Å². The lowest BCUT2D eigenvalue weighted by molar-refractivity contribution is -0.175. The molecule has 2 aromatic carbocycles. The summed E-state index contributed by atoms with van der Waals surface area (Å²) in [7, 11) is 0. The van der Waals surface area contributed by atoms with E-state index in [1.807, 2.05) is 0 Å². The maximum Gasteiger partial charge on any atom is 0.471 e. The van der Waals surface area contributed by atoms with Gasteiger partial charge in [-0.2, -0.15) is 13.2 Å².